The normalized spacial score (nSPS) is 13.1. The van der Waals surface area contributed by atoms with E-state index >= 15 is 0 Å². The predicted molar refractivity (Wildman–Crippen MR) is 177 cm³/mol. The Bertz CT molecular complexity index is 2070. The topological polar surface area (TPSA) is 38.7 Å². The highest BCUT2D eigenvalue weighted by Crippen LogP contribution is 2.51. The molecule has 1 aliphatic rings. The van der Waals surface area contributed by atoms with Crippen LogP contribution >= 0.6 is 0 Å². The molecule has 0 atom stereocenters. The number of benzene rings is 6. The van der Waals surface area contributed by atoms with Crippen LogP contribution in [0.4, 0.5) is 0 Å². The SMILES string of the molecule is CC1(C)c2ccccc2-c2ccc3c(-c4ccc(-c5nc(-c6ccccc6)nc(-c6ccccc6)n5)cc4)cccc3c21. The van der Waals surface area contributed by atoms with Crippen molar-refractivity contribution in [1.82, 2.24) is 15.0 Å². The molecule has 0 aliphatic heterocycles. The van der Waals surface area contributed by atoms with E-state index in [2.05, 4.69) is 92.7 Å². The smallest absolute Gasteiger partial charge is 0.164 e. The molecule has 0 spiro atoms. The van der Waals surface area contributed by atoms with Crippen molar-refractivity contribution < 1.29 is 0 Å². The van der Waals surface area contributed by atoms with Crippen molar-refractivity contribution in [3.63, 3.8) is 0 Å². The van der Waals surface area contributed by atoms with Crippen LogP contribution in [0, 0.1) is 0 Å². The van der Waals surface area contributed by atoms with E-state index < -0.39 is 0 Å². The van der Waals surface area contributed by atoms with E-state index in [-0.39, 0.29) is 5.41 Å². The fourth-order valence-corrected chi connectivity index (χ4v) is 6.64. The Morgan fingerprint density at radius 3 is 1.51 bits per heavy atom. The zero-order chi connectivity index (χ0) is 29.0. The minimum Gasteiger partial charge on any atom is -0.208 e. The van der Waals surface area contributed by atoms with E-state index in [0.717, 1.165) is 16.7 Å². The lowest BCUT2D eigenvalue weighted by atomic mass is 9.79. The molecule has 3 nitrogen and oxygen atoms in total. The fraction of sp³-hybridized carbons (Fsp3) is 0.0750. The third-order valence-corrected chi connectivity index (χ3v) is 8.73. The first kappa shape index (κ1) is 25.3. The Balaban J connectivity index is 1.22. The first-order chi connectivity index (χ1) is 21.1. The summed E-state index contributed by atoms with van der Waals surface area (Å²) >= 11 is 0. The maximum absolute atomic E-state index is 4.90. The molecule has 0 N–H and O–H groups in total. The minimum absolute atomic E-state index is 0.0560. The van der Waals surface area contributed by atoms with Crippen molar-refractivity contribution in [3.05, 3.63) is 151 Å². The maximum Gasteiger partial charge on any atom is 0.164 e. The van der Waals surface area contributed by atoms with Gasteiger partial charge in [0.15, 0.2) is 17.5 Å². The molecule has 0 amide bonds. The molecule has 3 heteroatoms. The quantitative estimate of drug-likeness (QED) is 0.218. The summed E-state index contributed by atoms with van der Waals surface area (Å²) in [6.45, 7) is 4.70. The van der Waals surface area contributed by atoms with Gasteiger partial charge in [-0.2, -0.15) is 0 Å². The molecule has 1 aliphatic carbocycles. The molecule has 0 fully saturated rings. The Labute approximate surface area is 251 Å². The second-order valence-corrected chi connectivity index (χ2v) is 11.7. The van der Waals surface area contributed by atoms with Crippen LogP contribution in [0.2, 0.25) is 0 Å². The van der Waals surface area contributed by atoms with Crippen LogP contribution in [0.25, 0.3) is 67.2 Å². The summed E-state index contributed by atoms with van der Waals surface area (Å²) in [6.07, 6.45) is 0. The fourth-order valence-electron chi connectivity index (χ4n) is 6.64. The lowest BCUT2D eigenvalue weighted by Gasteiger charge is -2.23. The van der Waals surface area contributed by atoms with Crippen LogP contribution in [-0.4, -0.2) is 15.0 Å². The molecular formula is C40H29N3. The van der Waals surface area contributed by atoms with Gasteiger partial charge in [-0.25, -0.2) is 15.0 Å². The van der Waals surface area contributed by atoms with Crippen molar-refractivity contribution in [2.45, 2.75) is 19.3 Å². The van der Waals surface area contributed by atoms with Crippen LogP contribution < -0.4 is 0 Å². The average molecular weight is 552 g/mol. The highest BCUT2D eigenvalue weighted by atomic mass is 15.0. The van der Waals surface area contributed by atoms with Gasteiger partial charge in [0.25, 0.3) is 0 Å². The zero-order valence-corrected chi connectivity index (χ0v) is 24.1. The van der Waals surface area contributed by atoms with E-state index in [0.29, 0.717) is 17.5 Å². The molecule has 1 heterocycles. The van der Waals surface area contributed by atoms with Gasteiger partial charge < -0.3 is 0 Å². The van der Waals surface area contributed by atoms with Gasteiger partial charge in [0.05, 0.1) is 0 Å². The first-order valence-electron chi connectivity index (χ1n) is 14.7. The van der Waals surface area contributed by atoms with Gasteiger partial charge in [-0.3, -0.25) is 0 Å². The highest BCUT2D eigenvalue weighted by molar-refractivity contribution is 6.04. The molecule has 1 aromatic heterocycles. The van der Waals surface area contributed by atoms with Gasteiger partial charge in [-0.05, 0) is 44.2 Å². The molecule has 0 saturated carbocycles. The van der Waals surface area contributed by atoms with E-state index in [1.165, 1.54) is 44.2 Å². The number of nitrogens with zero attached hydrogens (tertiary/aromatic N) is 3. The van der Waals surface area contributed by atoms with Gasteiger partial charge in [0.2, 0.25) is 0 Å². The molecule has 0 saturated heterocycles. The van der Waals surface area contributed by atoms with E-state index in [1.54, 1.807) is 0 Å². The van der Waals surface area contributed by atoms with Crippen molar-refractivity contribution in [2.24, 2.45) is 0 Å². The number of hydrogen-bond acceptors (Lipinski definition) is 3. The molecule has 43 heavy (non-hydrogen) atoms. The number of hydrogen-bond donors (Lipinski definition) is 0. The van der Waals surface area contributed by atoms with Gasteiger partial charge in [-0.15, -0.1) is 0 Å². The summed E-state index contributed by atoms with van der Waals surface area (Å²) in [6, 6.07) is 48.9. The van der Waals surface area contributed by atoms with E-state index in [9.17, 15) is 0 Å². The first-order valence-corrected chi connectivity index (χ1v) is 14.7. The maximum atomic E-state index is 4.90. The van der Waals surface area contributed by atoms with E-state index in [4.69, 9.17) is 15.0 Å². The van der Waals surface area contributed by atoms with Crippen molar-refractivity contribution in [1.29, 1.82) is 0 Å². The molecule has 204 valence electrons. The van der Waals surface area contributed by atoms with Crippen LogP contribution in [0.15, 0.2) is 140 Å². The molecule has 8 rings (SSSR count). The van der Waals surface area contributed by atoms with Crippen LogP contribution in [0.3, 0.4) is 0 Å². The third-order valence-electron chi connectivity index (χ3n) is 8.73. The van der Waals surface area contributed by atoms with Gasteiger partial charge >= 0.3 is 0 Å². The highest BCUT2D eigenvalue weighted by Gasteiger charge is 2.36. The van der Waals surface area contributed by atoms with E-state index in [1.807, 2.05) is 60.7 Å². The number of rotatable bonds is 4. The second kappa shape index (κ2) is 9.85. The Hall–Kier alpha value is -5.41. The summed E-state index contributed by atoms with van der Waals surface area (Å²) in [5, 5.41) is 2.59. The summed E-state index contributed by atoms with van der Waals surface area (Å²) in [7, 11) is 0. The molecule has 7 aromatic rings. The number of fused-ring (bicyclic) bond motifs is 5. The lowest BCUT2D eigenvalue weighted by molar-refractivity contribution is 0.666. The van der Waals surface area contributed by atoms with Gasteiger partial charge in [0.1, 0.15) is 0 Å². The molecule has 0 bridgehead atoms. The third kappa shape index (κ3) is 4.16. The van der Waals surface area contributed by atoms with Crippen molar-refractivity contribution in [3.8, 4) is 56.4 Å². The molecule has 6 aromatic carbocycles. The largest absolute Gasteiger partial charge is 0.208 e. The predicted octanol–water partition coefficient (Wildman–Crippen LogP) is 10.00. The van der Waals surface area contributed by atoms with Crippen LogP contribution in [-0.2, 0) is 5.41 Å². The Morgan fingerprint density at radius 1 is 0.372 bits per heavy atom. The average Bonchev–Trinajstić information content (AvgIpc) is 3.32. The molecular weight excluding hydrogens is 522 g/mol. The Kier molecular flexibility index (Phi) is 5.80. The zero-order valence-electron chi connectivity index (χ0n) is 24.1. The summed E-state index contributed by atoms with van der Waals surface area (Å²) in [5.74, 6) is 2.00. The molecule has 0 radical (unpaired) electrons. The summed E-state index contributed by atoms with van der Waals surface area (Å²) < 4.78 is 0. The number of aromatic nitrogens is 3. The van der Waals surface area contributed by atoms with Gasteiger partial charge in [-0.1, -0.05) is 153 Å². The minimum atomic E-state index is -0.0560. The summed E-state index contributed by atoms with van der Waals surface area (Å²) in [5.41, 5.74) is 10.7. The Morgan fingerprint density at radius 2 is 0.884 bits per heavy atom. The lowest BCUT2D eigenvalue weighted by Crippen LogP contribution is -2.15. The summed E-state index contributed by atoms with van der Waals surface area (Å²) in [4.78, 5) is 14.6. The van der Waals surface area contributed by atoms with Crippen molar-refractivity contribution in [2.75, 3.05) is 0 Å². The molecule has 0 unspecified atom stereocenters. The van der Waals surface area contributed by atoms with Crippen LogP contribution in [0.5, 0.6) is 0 Å². The van der Waals surface area contributed by atoms with Crippen molar-refractivity contribution >= 4 is 10.8 Å². The monoisotopic (exact) mass is 551 g/mol. The van der Waals surface area contributed by atoms with Crippen LogP contribution in [0.1, 0.15) is 25.0 Å². The van der Waals surface area contributed by atoms with Gasteiger partial charge in [0, 0.05) is 22.1 Å². The standard InChI is InChI=1S/C40H29N3/c1-40(2)35-19-10-9-16-32(35)34-25-24-31-30(17-11-18-33(31)36(34)40)26-20-22-29(23-21-26)39-42-37(27-12-5-3-6-13-27)41-38(43-39)28-14-7-4-8-15-28/h3-25H,1-2H3. The second-order valence-electron chi connectivity index (χ2n) is 11.7.